The summed E-state index contributed by atoms with van der Waals surface area (Å²) < 4.78 is 0. The van der Waals surface area contributed by atoms with Crippen molar-refractivity contribution in [2.75, 3.05) is 5.32 Å². The van der Waals surface area contributed by atoms with E-state index in [-0.39, 0.29) is 18.0 Å². The van der Waals surface area contributed by atoms with Crippen LogP contribution < -0.4 is 10.6 Å². The maximum atomic E-state index is 11.8. The quantitative estimate of drug-likeness (QED) is 0.748. The van der Waals surface area contributed by atoms with Gasteiger partial charge < -0.3 is 15.7 Å². The second-order valence-electron chi connectivity index (χ2n) is 5.41. The molecule has 1 aromatic rings. The molecule has 0 aliphatic rings. The van der Waals surface area contributed by atoms with Crippen molar-refractivity contribution >= 4 is 17.7 Å². The maximum absolute atomic E-state index is 11.8. The minimum absolute atomic E-state index is 0.109. The summed E-state index contributed by atoms with van der Waals surface area (Å²) in [6.45, 7) is 5.93. The lowest BCUT2D eigenvalue weighted by Crippen LogP contribution is -2.45. The number of aliphatic carboxylic acids is 1. The number of urea groups is 1. The number of hydrogen-bond donors (Lipinski definition) is 3. The fourth-order valence-corrected chi connectivity index (χ4v) is 1.56. The summed E-state index contributed by atoms with van der Waals surface area (Å²) in [5, 5.41) is 14.3. The molecule has 1 rings (SSSR count). The van der Waals surface area contributed by atoms with Crippen LogP contribution in [0.15, 0.2) is 24.3 Å². The average Bonchev–Trinajstić information content (AvgIpc) is 2.37. The minimum Gasteiger partial charge on any atom is -0.481 e. The SMILES string of the molecule is CCC(C)(C)NC(=O)Nc1ccc(CCC(=O)O)cc1. The first-order valence-electron chi connectivity index (χ1n) is 6.72. The van der Waals surface area contributed by atoms with E-state index in [1.807, 2.05) is 32.9 Å². The van der Waals surface area contributed by atoms with Gasteiger partial charge in [0.25, 0.3) is 0 Å². The Labute approximate surface area is 119 Å². The summed E-state index contributed by atoms with van der Waals surface area (Å²) >= 11 is 0. The molecule has 0 saturated heterocycles. The highest BCUT2D eigenvalue weighted by molar-refractivity contribution is 5.89. The van der Waals surface area contributed by atoms with Crippen LogP contribution >= 0.6 is 0 Å². The first-order chi connectivity index (χ1) is 9.32. The van der Waals surface area contributed by atoms with Crippen LogP contribution in [0.2, 0.25) is 0 Å². The van der Waals surface area contributed by atoms with Crippen molar-refractivity contribution in [3.8, 4) is 0 Å². The van der Waals surface area contributed by atoms with Crippen LogP contribution in [-0.4, -0.2) is 22.6 Å². The normalized spacial score (nSPS) is 10.9. The Kier molecular flexibility index (Phi) is 5.55. The van der Waals surface area contributed by atoms with Gasteiger partial charge in [-0.15, -0.1) is 0 Å². The lowest BCUT2D eigenvalue weighted by Gasteiger charge is -2.24. The second-order valence-corrected chi connectivity index (χ2v) is 5.41. The van der Waals surface area contributed by atoms with E-state index in [1.54, 1.807) is 12.1 Å². The van der Waals surface area contributed by atoms with Crippen molar-refractivity contribution in [3.63, 3.8) is 0 Å². The van der Waals surface area contributed by atoms with E-state index in [2.05, 4.69) is 10.6 Å². The molecular weight excluding hydrogens is 256 g/mol. The molecule has 0 aromatic heterocycles. The lowest BCUT2D eigenvalue weighted by atomic mass is 10.0. The van der Waals surface area contributed by atoms with Gasteiger partial charge in [-0.3, -0.25) is 4.79 Å². The van der Waals surface area contributed by atoms with Crippen LogP contribution in [0.5, 0.6) is 0 Å². The van der Waals surface area contributed by atoms with E-state index < -0.39 is 5.97 Å². The number of aryl methyl sites for hydroxylation is 1. The van der Waals surface area contributed by atoms with Crippen LogP contribution in [0, 0.1) is 0 Å². The van der Waals surface area contributed by atoms with Gasteiger partial charge in [-0.2, -0.15) is 0 Å². The average molecular weight is 278 g/mol. The molecule has 110 valence electrons. The van der Waals surface area contributed by atoms with Crippen molar-refractivity contribution < 1.29 is 14.7 Å². The Morgan fingerprint density at radius 2 is 1.80 bits per heavy atom. The molecule has 3 N–H and O–H groups in total. The summed E-state index contributed by atoms with van der Waals surface area (Å²) in [6.07, 6.45) is 1.44. The Morgan fingerprint density at radius 3 is 2.30 bits per heavy atom. The van der Waals surface area contributed by atoms with Crippen molar-refractivity contribution in [3.05, 3.63) is 29.8 Å². The van der Waals surface area contributed by atoms with Gasteiger partial charge in [0, 0.05) is 17.6 Å². The Balaban J connectivity index is 2.53. The van der Waals surface area contributed by atoms with E-state index in [0.29, 0.717) is 12.1 Å². The van der Waals surface area contributed by atoms with Gasteiger partial charge >= 0.3 is 12.0 Å². The second kappa shape index (κ2) is 6.93. The zero-order valence-corrected chi connectivity index (χ0v) is 12.2. The number of rotatable bonds is 6. The standard InChI is InChI=1S/C15H22N2O3/c1-4-15(2,3)17-14(20)16-12-8-5-11(6-9-12)7-10-13(18)19/h5-6,8-9H,4,7,10H2,1-3H3,(H,18,19)(H2,16,17,20). The molecule has 20 heavy (non-hydrogen) atoms. The van der Waals surface area contributed by atoms with Gasteiger partial charge in [0.05, 0.1) is 0 Å². The third kappa shape index (κ3) is 5.73. The number of hydrogen-bond acceptors (Lipinski definition) is 2. The van der Waals surface area contributed by atoms with Gasteiger partial charge in [0.1, 0.15) is 0 Å². The molecule has 0 unspecified atom stereocenters. The van der Waals surface area contributed by atoms with Crippen LogP contribution in [0.4, 0.5) is 10.5 Å². The largest absolute Gasteiger partial charge is 0.481 e. The topological polar surface area (TPSA) is 78.4 Å². The molecule has 5 heteroatoms. The number of amides is 2. The van der Waals surface area contributed by atoms with Crippen molar-refractivity contribution in [2.45, 2.75) is 45.6 Å². The molecular formula is C15H22N2O3. The minimum atomic E-state index is -0.812. The smallest absolute Gasteiger partial charge is 0.319 e. The Hall–Kier alpha value is -2.04. The highest BCUT2D eigenvalue weighted by atomic mass is 16.4. The van der Waals surface area contributed by atoms with Crippen molar-refractivity contribution in [1.82, 2.24) is 5.32 Å². The third-order valence-corrected chi connectivity index (χ3v) is 3.18. The van der Waals surface area contributed by atoms with E-state index >= 15 is 0 Å². The molecule has 0 spiro atoms. The molecule has 0 saturated carbocycles. The molecule has 5 nitrogen and oxygen atoms in total. The molecule has 1 aromatic carbocycles. The number of benzene rings is 1. The zero-order valence-electron chi connectivity index (χ0n) is 12.2. The number of carbonyl (C=O) groups is 2. The molecule has 0 aliphatic heterocycles. The van der Waals surface area contributed by atoms with Gasteiger partial charge in [-0.25, -0.2) is 4.79 Å². The van der Waals surface area contributed by atoms with Gasteiger partial charge in [-0.1, -0.05) is 19.1 Å². The summed E-state index contributed by atoms with van der Waals surface area (Å²) in [7, 11) is 0. The zero-order chi connectivity index (χ0) is 15.2. The molecule has 0 aliphatic carbocycles. The van der Waals surface area contributed by atoms with Crippen LogP contribution in [0.25, 0.3) is 0 Å². The first-order valence-corrected chi connectivity index (χ1v) is 6.72. The van der Waals surface area contributed by atoms with Crippen LogP contribution in [-0.2, 0) is 11.2 Å². The summed E-state index contributed by atoms with van der Waals surface area (Å²) in [6, 6.07) is 6.95. The van der Waals surface area contributed by atoms with E-state index in [9.17, 15) is 9.59 Å². The number of carbonyl (C=O) groups excluding carboxylic acids is 1. The maximum Gasteiger partial charge on any atom is 0.319 e. The predicted molar refractivity (Wildman–Crippen MR) is 78.9 cm³/mol. The summed E-state index contributed by atoms with van der Waals surface area (Å²) in [5.74, 6) is -0.812. The van der Waals surface area contributed by atoms with Crippen molar-refractivity contribution in [2.24, 2.45) is 0 Å². The van der Waals surface area contributed by atoms with Crippen LogP contribution in [0.3, 0.4) is 0 Å². The highest BCUT2D eigenvalue weighted by Gasteiger charge is 2.17. The Morgan fingerprint density at radius 1 is 1.20 bits per heavy atom. The fourth-order valence-electron chi connectivity index (χ4n) is 1.56. The highest BCUT2D eigenvalue weighted by Crippen LogP contribution is 2.12. The van der Waals surface area contributed by atoms with Gasteiger partial charge in [0.15, 0.2) is 0 Å². The summed E-state index contributed by atoms with van der Waals surface area (Å²) in [4.78, 5) is 22.3. The molecule has 0 heterocycles. The molecule has 0 radical (unpaired) electrons. The Bertz CT molecular complexity index is 467. The molecule has 0 bridgehead atoms. The molecule has 0 fully saturated rings. The molecule has 2 amide bonds. The molecule has 0 atom stereocenters. The van der Waals surface area contributed by atoms with E-state index in [4.69, 9.17) is 5.11 Å². The number of carboxylic acid groups (broad SMARTS) is 1. The van der Waals surface area contributed by atoms with E-state index in [0.717, 1.165) is 12.0 Å². The fraction of sp³-hybridized carbons (Fsp3) is 0.467. The van der Waals surface area contributed by atoms with Gasteiger partial charge in [0.2, 0.25) is 0 Å². The summed E-state index contributed by atoms with van der Waals surface area (Å²) in [5.41, 5.74) is 1.38. The first kappa shape index (κ1) is 16.0. The lowest BCUT2D eigenvalue weighted by molar-refractivity contribution is -0.136. The van der Waals surface area contributed by atoms with Crippen LogP contribution in [0.1, 0.15) is 39.2 Å². The monoisotopic (exact) mass is 278 g/mol. The number of nitrogens with one attached hydrogen (secondary N) is 2. The van der Waals surface area contributed by atoms with Crippen molar-refractivity contribution in [1.29, 1.82) is 0 Å². The predicted octanol–water partition coefficient (Wildman–Crippen LogP) is 3.01. The third-order valence-electron chi connectivity index (χ3n) is 3.18. The van der Waals surface area contributed by atoms with Gasteiger partial charge in [-0.05, 0) is 44.4 Å². The number of carboxylic acids is 1. The number of anilines is 1. The van der Waals surface area contributed by atoms with E-state index in [1.165, 1.54) is 0 Å².